The predicted octanol–water partition coefficient (Wildman–Crippen LogP) is 1.33. The van der Waals surface area contributed by atoms with Gasteiger partial charge in [0.1, 0.15) is 0 Å². The van der Waals surface area contributed by atoms with Gasteiger partial charge in [0.25, 0.3) is 0 Å². The van der Waals surface area contributed by atoms with Crippen LogP contribution in [0.3, 0.4) is 0 Å². The van der Waals surface area contributed by atoms with Crippen molar-refractivity contribution < 1.29 is 5.11 Å². The molecule has 3 heteroatoms. The van der Waals surface area contributed by atoms with E-state index in [-0.39, 0.29) is 12.1 Å². The van der Waals surface area contributed by atoms with E-state index in [0.29, 0.717) is 5.92 Å². The Bertz CT molecular complexity index is 311. The molecule has 1 aliphatic rings. The molecular formula is C12H18N2O. The van der Waals surface area contributed by atoms with Gasteiger partial charge in [-0.3, -0.25) is 4.98 Å². The summed E-state index contributed by atoms with van der Waals surface area (Å²) in [5.41, 5.74) is 0.898. The maximum absolute atomic E-state index is 9.39. The summed E-state index contributed by atoms with van der Waals surface area (Å²) in [7, 11) is 0. The molecule has 0 bridgehead atoms. The van der Waals surface area contributed by atoms with Crippen molar-refractivity contribution >= 4 is 0 Å². The Balaban J connectivity index is 1.91. The SMILES string of the molecule is CC(CO)(NCc1ccccn1)C1CC1. The minimum Gasteiger partial charge on any atom is -0.394 e. The molecule has 0 radical (unpaired) electrons. The number of hydrogen-bond acceptors (Lipinski definition) is 3. The van der Waals surface area contributed by atoms with Gasteiger partial charge in [0.05, 0.1) is 12.3 Å². The first-order chi connectivity index (χ1) is 7.24. The number of pyridine rings is 1. The Hall–Kier alpha value is -0.930. The molecule has 0 amide bonds. The van der Waals surface area contributed by atoms with Crippen LogP contribution >= 0.6 is 0 Å². The molecule has 1 unspecified atom stereocenters. The maximum Gasteiger partial charge on any atom is 0.0613 e. The highest BCUT2D eigenvalue weighted by Crippen LogP contribution is 2.39. The van der Waals surface area contributed by atoms with Crippen molar-refractivity contribution in [2.24, 2.45) is 5.92 Å². The number of rotatable bonds is 5. The van der Waals surface area contributed by atoms with Crippen molar-refractivity contribution in [2.45, 2.75) is 31.8 Å². The average Bonchev–Trinajstić information content (AvgIpc) is 3.11. The Kier molecular flexibility index (Phi) is 3.03. The van der Waals surface area contributed by atoms with Crippen LogP contribution in [0.15, 0.2) is 24.4 Å². The fraction of sp³-hybridized carbons (Fsp3) is 0.583. The zero-order valence-electron chi connectivity index (χ0n) is 9.11. The van der Waals surface area contributed by atoms with Gasteiger partial charge in [-0.2, -0.15) is 0 Å². The van der Waals surface area contributed by atoms with Crippen LogP contribution in [0.1, 0.15) is 25.5 Å². The van der Waals surface area contributed by atoms with E-state index >= 15 is 0 Å². The molecule has 0 saturated heterocycles. The van der Waals surface area contributed by atoms with Gasteiger partial charge in [-0.25, -0.2) is 0 Å². The molecule has 0 aromatic carbocycles. The molecular weight excluding hydrogens is 188 g/mol. The van der Waals surface area contributed by atoms with Crippen LogP contribution in [-0.4, -0.2) is 22.2 Å². The molecule has 15 heavy (non-hydrogen) atoms. The summed E-state index contributed by atoms with van der Waals surface area (Å²) in [6.45, 7) is 3.02. The van der Waals surface area contributed by atoms with E-state index in [2.05, 4.69) is 17.2 Å². The fourth-order valence-electron chi connectivity index (χ4n) is 1.84. The number of aliphatic hydroxyl groups is 1. The van der Waals surface area contributed by atoms with Gasteiger partial charge in [0.15, 0.2) is 0 Å². The highest BCUT2D eigenvalue weighted by molar-refractivity contribution is 5.05. The van der Waals surface area contributed by atoms with E-state index < -0.39 is 0 Å². The van der Waals surface area contributed by atoms with Crippen molar-refractivity contribution in [3.63, 3.8) is 0 Å². The molecule has 82 valence electrons. The van der Waals surface area contributed by atoms with Crippen LogP contribution < -0.4 is 5.32 Å². The van der Waals surface area contributed by atoms with E-state index in [0.717, 1.165) is 12.2 Å². The molecule has 1 heterocycles. The Morgan fingerprint density at radius 2 is 2.33 bits per heavy atom. The first-order valence-electron chi connectivity index (χ1n) is 5.50. The summed E-state index contributed by atoms with van der Waals surface area (Å²) in [4.78, 5) is 4.25. The number of aliphatic hydroxyl groups excluding tert-OH is 1. The smallest absolute Gasteiger partial charge is 0.0613 e. The van der Waals surface area contributed by atoms with Gasteiger partial charge in [-0.15, -0.1) is 0 Å². The molecule has 1 fully saturated rings. The minimum absolute atomic E-state index is 0.127. The van der Waals surface area contributed by atoms with Crippen LogP contribution in [-0.2, 0) is 6.54 Å². The van der Waals surface area contributed by atoms with Crippen molar-refractivity contribution in [3.05, 3.63) is 30.1 Å². The third-order valence-corrected chi connectivity index (χ3v) is 3.21. The molecule has 1 atom stereocenters. The molecule has 1 aliphatic carbocycles. The van der Waals surface area contributed by atoms with Gasteiger partial charge in [0, 0.05) is 18.3 Å². The van der Waals surface area contributed by atoms with Crippen LogP contribution in [0.5, 0.6) is 0 Å². The summed E-state index contributed by atoms with van der Waals surface area (Å²) >= 11 is 0. The van der Waals surface area contributed by atoms with E-state index in [4.69, 9.17) is 0 Å². The Morgan fingerprint density at radius 3 is 2.87 bits per heavy atom. The Morgan fingerprint density at radius 1 is 1.53 bits per heavy atom. The third-order valence-electron chi connectivity index (χ3n) is 3.21. The van der Waals surface area contributed by atoms with Crippen molar-refractivity contribution in [2.75, 3.05) is 6.61 Å². The van der Waals surface area contributed by atoms with Crippen molar-refractivity contribution in [1.82, 2.24) is 10.3 Å². The van der Waals surface area contributed by atoms with Gasteiger partial charge < -0.3 is 10.4 Å². The van der Waals surface area contributed by atoms with Gasteiger partial charge >= 0.3 is 0 Å². The van der Waals surface area contributed by atoms with E-state index in [1.54, 1.807) is 6.20 Å². The van der Waals surface area contributed by atoms with Gasteiger partial charge in [-0.05, 0) is 37.8 Å². The highest BCUT2D eigenvalue weighted by Gasteiger charge is 2.40. The molecule has 0 aliphatic heterocycles. The molecule has 3 nitrogen and oxygen atoms in total. The first-order valence-corrected chi connectivity index (χ1v) is 5.50. The van der Waals surface area contributed by atoms with Crippen molar-refractivity contribution in [3.8, 4) is 0 Å². The zero-order valence-corrected chi connectivity index (χ0v) is 9.11. The highest BCUT2D eigenvalue weighted by atomic mass is 16.3. The first kappa shape index (κ1) is 10.6. The minimum atomic E-state index is -0.127. The van der Waals surface area contributed by atoms with E-state index in [1.165, 1.54) is 12.8 Å². The predicted molar refractivity (Wildman–Crippen MR) is 59.3 cm³/mol. The van der Waals surface area contributed by atoms with E-state index in [9.17, 15) is 5.11 Å². The summed E-state index contributed by atoms with van der Waals surface area (Å²) in [6.07, 6.45) is 4.25. The second kappa shape index (κ2) is 4.29. The standard InChI is InChI=1S/C12H18N2O/c1-12(9-15,10-5-6-10)14-8-11-4-2-3-7-13-11/h2-4,7,10,14-15H,5-6,8-9H2,1H3. The topological polar surface area (TPSA) is 45.1 Å². The van der Waals surface area contributed by atoms with Crippen LogP contribution in [0.2, 0.25) is 0 Å². The maximum atomic E-state index is 9.39. The summed E-state index contributed by atoms with van der Waals surface area (Å²) in [6, 6.07) is 5.89. The number of nitrogens with one attached hydrogen (secondary N) is 1. The van der Waals surface area contributed by atoms with Gasteiger partial charge in [0.2, 0.25) is 0 Å². The average molecular weight is 206 g/mol. The monoisotopic (exact) mass is 206 g/mol. The number of aromatic nitrogens is 1. The third kappa shape index (κ3) is 2.55. The molecule has 1 aromatic rings. The quantitative estimate of drug-likeness (QED) is 0.764. The molecule has 2 rings (SSSR count). The number of hydrogen-bond donors (Lipinski definition) is 2. The molecule has 1 aromatic heterocycles. The Labute approximate surface area is 90.5 Å². The van der Waals surface area contributed by atoms with Crippen LogP contribution in [0.25, 0.3) is 0 Å². The van der Waals surface area contributed by atoms with Crippen LogP contribution in [0, 0.1) is 5.92 Å². The molecule has 1 saturated carbocycles. The van der Waals surface area contributed by atoms with E-state index in [1.807, 2.05) is 18.2 Å². The fourth-order valence-corrected chi connectivity index (χ4v) is 1.84. The summed E-state index contributed by atoms with van der Waals surface area (Å²) in [5.74, 6) is 0.631. The lowest BCUT2D eigenvalue weighted by atomic mass is 9.97. The van der Waals surface area contributed by atoms with Crippen molar-refractivity contribution in [1.29, 1.82) is 0 Å². The molecule has 2 N–H and O–H groups in total. The zero-order chi connectivity index (χ0) is 10.7. The second-order valence-electron chi connectivity index (χ2n) is 4.52. The lowest BCUT2D eigenvalue weighted by molar-refractivity contribution is 0.153. The second-order valence-corrected chi connectivity index (χ2v) is 4.52. The largest absolute Gasteiger partial charge is 0.394 e. The summed E-state index contributed by atoms with van der Waals surface area (Å²) in [5, 5.41) is 12.8. The normalized spacial score (nSPS) is 19.9. The lowest BCUT2D eigenvalue weighted by Gasteiger charge is -2.28. The number of nitrogens with zero attached hydrogens (tertiary/aromatic N) is 1. The lowest BCUT2D eigenvalue weighted by Crippen LogP contribution is -2.47. The molecule has 0 spiro atoms. The summed E-state index contributed by atoms with van der Waals surface area (Å²) < 4.78 is 0. The van der Waals surface area contributed by atoms with Gasteiger partial charge in [-0.1, -0.05) is 6.07 Å². The van der Waals surface area contributed by atoms with Crippen LogP contribution in [0.4, 0.5) is 0 Å².